The number of carbonyl (C=O) groups excluding carboxylic acids is 4. The number of nitro benzene ring substituents is 2. The van der Waals surface area contributed by atoms with Crippen LogP contribution in [0.1, 0.15) is 130 Å². The van der Waals surface area contributed by atoms with Crippen LogP contribution in [0.3, 0.4) is 0 Å². The molecule has 0 spiro atoms. The molecule has 5 aromatic heterocycles. The summed E-state index contributed by atoms with van der Waals surface area (Å²) < 4.78 is 57.1. The Morgan fingerprint density at radius 3 is 1.16 bits per heavy atom. The number of allylic oxidation sites excluding steroid dienone is 1. The third-order valence-corrected chi connectivity index (χ3v) is 30.2. The Morgan fingerprint density at radius 1 is 0.465 bits per heavy atom. The molecule has 2 amide bonds. The van der Waals surface area contributed by atoms with Gasteiger partial charge in [-0.05, 0) is 165 Å². The van der Waals surface area contributed by atoms with Crippen LogP contribution in [-0.4, -0.2) is 309 Å². The maximum absolute atomic E-state index is 12.7. The number of fused-ring (bicyclic) bond motifs is 11. The average Bonchev–Trinajstić information content (AvgIpc) is 1.59. The molecule has 41 nitrogen and oxygen atoms in total. The van der Waals surface area contributed by atoms with Gasteiger partial charge in [-0.3, -0.25) is 29.8 Å². The number of rotatable bonds is 15. The zero-order valence-electron chi connectivity index (χ0n) is 84.1. The normalized spacial score (nSPS) is 25.2. The number of isocyanates is 1. The van der Waals surface area contributed by atoms with Gasteiger partial charge in [0.05, 0.1) is 157 Å². The lowest BCUT2D eigenvalue weighted by Crippen LogP contribution is -2.41. The van der Waals surface area contributed by atoms with Gasteiger partial charge >= 0.3 is 7.12 Å². The number of anilines is 11. The number of likely N-dealkylation sites (N-methyl/N-ethyl adjacent to an activating group) is 5. The molecule has 14 aliphatic heterocycles. The molecule has 8 atom stereocenters. The van der Waals surface area contributed by atoms with Gasteiger partial charge < -0.3 is 107 Å². The molecule has 9 saturated heterocycles. The van der Waals surface area contributed by atoms with Gasteiger partial charge in [0.15, 0.2) is 40.7 Å². The van der Waals surface area contributed by atoms with Crippen molar-refractivity contribution in [3.63, 3.8) is 0 Å². The fourth-order valence-corrected chi connectivity index (χ4v) is 21.5. The highest BCUT2D eigenvalue weighted by molar-refractivity contribution is 6.62. The molecule has 9 fully saturated rings. The first kappa shape index (κ1) is 105. The van der Waals surface area contributed by atoms with Gasteiger partial charge in [0.1, 0.15) is 52.9 Å². The van der Waals surface area contributed by atoms with Crippen LogP contribution in [-0.2, 0) is 93.5 Å². The highest BCUT2D eigenvalue weighted by Crippen LogP contribution is 2.58. The van der Waals surface area contributed by atoms with Crippen LogP contribution in [0.2, 0.25) is 15.7 Å². The second-order valence-electron chi connectivity index (χ2n) is 39.5. The van der Waals surface area contributed by atoms with Crippen molar-refractivity contribution in [3.05, 3.63) is 156 Å². The minimum Gasteiger partial charge on any atom is -0.399 e. The lowest BCUT2D eigenvalue weighted by atomic mass is 9.79. The molecule has 0 bridgehead atoms. The number of aldehydes is 1. The van der Waals surface area contributed by atoms with Crippen LogP contribution in [0.4, 0.5) is 74.6 Å². The summed E-state index contributed by atoms with van der Waals surface area (Å²) in [5, 5.41) is 22.4. The zero-order valence-corrected chi connectivity index (χ0v) is 86.3. The second kappa shape index (κ2) is 43.2. The van der Waals surface area contributed by atoms with Gasteiger partial charge in [-0.15, -0.1) is 6.58 Å². The van der Waals surface area contributed by atoms with E-state index in [2.05, 4.69) is 106 Å². The number of aliphatic imine (C=N–C) groups is 1. The molecule has 8 aromatic rings. The Labute approximate surface area is 852 Å². The SMILES string of the molecule is C=CCC1(C)C(=O)N(C)c2c(N3CCOCC3)nc(Cl)nc21.CC1(C)OB(c2ccc([N+](=O)[O-])cc2)OC1(C)C.CCN=C=O.CN1C(=O)C(C)(CC=O)c2nc(Cl)nc(N3CCOCC3)c21.CN1c2c(N3CCOCC3)nc(-c3ccc(N)cc3)nc2C2(C)CCOC12.CN1c2c(N3CCOCC3)nc(-c3ccc([N+](=O)[O-])cc3)nc2C2(C)CCOC12.CN1c2c(cc(Cl)nc2N2CCOCC2)C2(C)CCOC12. The maximum Gasteiger partial charge on any atom is 0.494 e. The minimum atomic E-state index is -0.987. The summed E-state index contributed by atoms with van der Waals surface area (Å²) in [5.41, 5.74) is 15.7. The molecule has 0 saturated carbocycles. The van der Waals surface area contributed by atoms with Gasteiger partial charge in [-0.25, -0.2) is 44.7 Å². The fourth-order valence-electron chi connectivity index (χ4n) is 21.0. The molecular weight excluding hydrogens is 1920 g/mol. The number of carbonyl (C=O) groups is 3. The number of benzene rings is 3. The topological polar surface area (TPSA) is 434 Å². The van der Waals surface area contributed by atoms with Crippen molar-refractivity contribution < 1.29 is 76.2 Å². The van der Waals surface area contributed by atoms with Crippen molar-refractivity contribution in [2.45, 2.75) is 158 Å². The van der Waals surface area contributed by atoms with E-state index in [1.54, 1.807) is 63.2 Å². The molecule has 14 aliphatic rings. The van der Waals surface area contributed by atoms with Crippen LogP contribution >= 0.6 is 34.8 Å². The van der Waals surface area contributed by atoms with Crippen molar-refractivity contribution >= 4 is 146 Å². The molecule has 0 radical (unpaired) electrons. The summed E-state index contributed by atoms with van der Waals surface area (Å²) in [6.07, 6.45) is 7.40. The molecule has 768 valence electrons. The van der Waals surface area contributed by atoms with Gasteiger partial charge in [0.25, 0.3) is 11.4 Å². The third-order valence-electron chi connectivity index (χ3n) is 29.7. The minimum absolute atomic E-state index is 0.00604. The highest BCUT2D eigenvalue weighted by Gasteiger charge is 2.59. The van der Waals surface area contributed by atoms with E-state index < -0.39 is 39.0 Å². The molecule has 19 heterocycles. The van der Waals surface area contributed by atoms with Crippen LogP contribution < -0.4 is 60.2 Å². The lowest BCUT2D eigenvalue weighted by Gasteiger charge is -2.32. The van der Waals surface area contributed by atoms with E-state index >= 15 is 0 Å². The molecule has 144 heavy (non-hydrogen) atoms. The number of nitrogen functional groups attached to an aromatic ring is 1. The summed E-state index contributed by atoms with van der Waals surface area (Å²) in [5.74, 6) is 5.34. The Balaban J connectivity index is 0.000000123. The standard InChI is InChI=1S/C20H23N5O4.C20H25N5O2.C15H19ClN4O2.C15H20ClN3O2.C14H17ClN4O3.C12H16BNO4.C3H5NO/c1-20-7-10-29-19(20)23(2)15-16(20)21-17(13-3-5-14(6-4-13)25(26)27)22-18(15)24-8-11-28-12-9-24;1-20-7-10-27-19(20)24(2)15-16(20)22-17(13-3-5-14(21)6-4-13)23-18(15)25-8-11-26-12-9-25;1-4-5-15(2)11-10(19(3)13(15)21)12(18-14(16)17-11)20-6-8-22-9-7-20;1-15-3-6-21-14(15)18(2)12-10(15)9-11(16)17-13(12)19-4-7-20-8-5-19;1-14(3-6-20)10-9(18(2)12(14)21)11(17-13(15)16-10)19-4-7-22-8-5-19;1-11(2)12(3,4)18-13(17-11)9-5-7-10(8-6-9)14(15)16;1-2-4-3-5/h3-6,19H,7-12H2,1-2H3;3-6,19H,7-12,21H2,1-2H3;4H,1,5-9H2,2-3H3;9,14H,3-8H2,1-2H3;6H,3-5,7-8H2,1-2H3;5-8H,1-4H3;2H2,1H3. The predicted octanol–water partition coefficient (Wildman–Crippen LogP) is 11.2. The van der Waals surface area contributed by atoms with Crippen molar-refractivity contribution in [1.29, 1.82) is 0 Å². The number of pyridine rings is 1. The van der Waals surface area contributed by atoms with Gasteiger partial charge in [-0.2, -0.15) is 9.97 Å². The van der Waals surface area contributed by atoms with E-state index in [4.69, 9.17) is 112 Å². The molecule has 8 unspecified atom stereocenters. The van der Waals surface area contributed by atoms with Crippen LogP contribution in [0.5, 0.6) is 0 Å². The number of halogens is 3. The van der Waals surface area contributed by atoms with E-state index in [1.165, 1.54) is 46.5 Å². The molecule has 3 aromatic carbocycles. The van der Waals surface area contributed by atoms with Gasteiger partial charge in [0, 0.05) is 160 Å². The van der Waals surface area contributed by atoms with Crippen LogP contribution in [0.25, 0.3) is 22.8 Å². The smallest absolute Gasteiger partial charge is 0.399 e. The van der Waals surface area contributed by atoms with E-state index in [0.29, 0.717) is 112 Å². The van der Waals surface area contributed by atoms with Crippen molar-refractivity contribution in [2.24, 2.45) is 4.99 Å². The number of nitro groups is 2. The van der Waals surface area contributed by atoms with Gasteiger partial charge in [-0.1, -0.05) is 36.7 Å². The fraction of sp³-hybridized carbons (Fsp3) is 0.545. The van der Waals surface area contributed by atoms with E-state index in [1.807, 2.05) is 76.9 Å². The van der Waals surface area contributed by atoms with Crippen LogP contribution in [0.15, 0.2) is 96.5 Å². The lowest BCUT2D eigenvalue weighted by molar-refractivity contribution is -0.385. The second-order valence-corrected chi connectivity index (χ2v) is 40.6. The number of nitrogens with two attached hydrogens (primary N) is 1. The Kier molecular flexibility index (Phi) is 31.6. The van der Waals surface area contributed by atoms with Crippen molar-refractivity contribution in [1.82, 2.24) is 44.9 Å². The quantitative estimate of drug-likeness (QED) is 0.00951. The molecule has 2 N–H and O–H groups in total. The first-order valence-corrected chi connectivity index (χ1v) is 49.7. The molecular formula is C99H125BCl3N23O18. The molecule has 0 aliphatic carbocycles. The Hall–Kier alpha value is -11.6. The number of morpholine rings is 5. The summed E-state index contributed by atoms with van der Waals surface area (Å²) in [7, 11) is 9.19. The Bertz CT molecular complexity index is 6010. The van der Waals surface area contributed by atoms with E-state index in [9.17, 15) is 34.6 Å². The van der Waals surface area contributed by atoms with Crippen LogP contribution in [0, 0.1) is 20.2 Å². The van der Waals surface area contributed by atoms with E-state index in [0.717, 1.165) is 192 Å². The third kappa shape index (κ3) is 20.2. The first-order valence-electron chi connectivity index (χ1n) is 48.5. The zero-order chi connectivity index (χ0) is 103. The number of hydrogen-bond acceptors (Lipinski definition) is 37. The molecule has 22 rings (SSSR count). The Morgan fingerprint density at radius 2 is 0.806 bits per heavy atom. The average molecular weight is 2040 g/mol. The molecule has 45 heteroatoms. The number of nitrogens with zero attached hydrogens (tertiary/aromatic N) is 22. The summed E-state index contributed by atoms with van der Waals surface area (Å²) in [6, 6.07) is 22.5. The maximum atomic E-state index is 12.7. The summed E-state index contributed by atoms with van der Waals surface area (Å²) in [4.78, 5) is 132. The summed E-state index contributed by atoms with van der Waals surface area (Å²) in [6.45, 7) is 41.0. The van der Waals surface area contributed by atoms with E-state index in [-0.39, 0.29) is 75.1 Å². The first-order chi connectivity index (χ1) is 68.8. The van der Waals surface area contributed by atoms with Gasteiger partial charge in [0.2, 0.25) is 28.5 Å². The number of ether oxygens (including phenoxy) is 8. The highest BCUT2D eigenvalue weighted by atomic mass is 35.5. The number of hydrogen-bond donors (Lipinski definition) is 1. The largest absolute Gasteiger partial charge is 0.494 e. The monoisotopic (exact) mass is 2040 g/mol. The number of amides is 2. The number of non-ortho nitro benzene ring substituents is 2. The summed E-state index contributed by atoms with van der Waals surface area (Å²) >= 11 is 18.5. The van der Waals surface area contributed by atoms with Crippen molar-refractivity contribution in [2.75, 3.05) is 248 Å². The van der Waals surface area contributed by atoms with Crippen molar-refractivity contribution in [3.8, 4) is 22.8 Å². The number of aromatic nitrogens is 9. The predicted molar refractivity (Wildman–Crippen MR) is 549 cm³/mol.